The number of nitrogens with one attached hydrogen (secondary N) is 1. The minimum Gasteiger partial charge on any atom is -0.320 e. The van der Waals surface area contributed by atoms with Gasteiger partial charge in [-0.3, -0.25) is 5.32 Å². The second kappa shape index (κ2) is 8.24. The molecule has 1 aromatic heterocycles. The van der Waals surface area contributed by atoms with Gasteiger partial charge in [-0.25, -0.2) is 14.8 Å². The van der Waals surface area contributed by atoms with Crippen LogP contribution in [0, 0.1) is 0 Å². The van der Waals surface area contributed by atoms with Gasteiger partial charge in [-0.05, 0) is 26.3 Å². The summed E-state index contributed by atoms with van der Waals surface area (Å²) in [4.78, 5) is 22.0. The maximum Gasteiger partial charge on any atom is 0.324 e. The number of hydrogen-bond acceptors (Lipinski definition) is 3. The van der Waals surface area contributed by atoms with Crippen LogP contribution in [-0.2, 0) is 0 Å². The lowest BCUT2D eigenvalue weighted by Crippen LogP contribution is -2.37. The van der Waals surface area contributed by atoms with Gasteiger partial charge in [-0.1, -0.05) is 25.0 Å². The lowest BCUT2D eigenvalue weighted by Gasteiger charge is -2.22. The molecule has 104 valence electrons. The van der Waals surface area contributed by atoms with Crippen molar-refractivity contribution in [1.29, 1.82) is 0 Å². The lowest BCUT2D eigenvalue weighted by atomic mass is 10.2. The molecule has 0 aliphatic heterocycles. The number of allylic oxidation sites excluding steroid dienone is 1. The summed E-state index contributed by atoms with van der Waals surface area (Å²) in [5, 5.41) is 2.72. The van der Waals surface area contributed by atoms with E-state index in [0.717, 1.165) is 19.4 Å². The Morgan fingerprint density at radius 2 is 2.11 bits per heavy atom. The van der Waals surface area contributed by atoms with Gasteiger partial charge < -0.3 is 4.90 Å². The molecule has 1 rings (SSSR count). The van der Waals surface area contributed by atoms with Crippen molar-refractivity contribution in [2.75, 3.05) is 18.4 Å². The van der Waals surface area contributed by atoms with E-state index in [9.17, 15) is 4.79 Å². The van der Waals surface area contributed by atoms with Gasteiger partial charge in [0.1, 0.15) is 0 Å². The zero-order chi connectivity index (χ0) is 14.1. The lowest BCUT2D eigenvalue weighted by molar-refractivity contribution is 0.215. The van der Waals surface area contributed by atoms with Crippen LogP contribution in [-0.4, -0.2) is 34.0 Å². The quantitative estimate of drug-likeness (QED) is 0.801. The fourth-order valence-corrected chi connectivity index (χ4v) is 1.53. The number of anilines is 1. The van der Waals surface area contributed by atoms with E-state index in [4.69, 9.17) is 0 Å². The predicted molar refractivity (Wildman–Crippen MR) is 77.0 cm³/mol. The second-order valence-corrected chi connectivity index (χ2v) is 4.41. The summed E-state index contributed by atoms with van der Waals surface area (Å²) >= 11 is 0. The zero-order valence-corrected chi connectivity index (χ0v) is 11.9. The molecular formula is C14H22N4O. The van der Waals surface area contributed by atoms with Gasteiger partial charge in [0, 0.05) is 25.5 Å². The molecule has 0 aliphatic carbocycles. The summed E-state index contributed by atoms with van der Waals surface area (Å²) in [5.74, 6) is 0.340. The Hall–Kier alpha value is -1.91. The van der Waals surface area contributed by atoms with E-state index in [-0.39, 0.29) is 6.03 Å². The Morgan fingerprint density at radius 1 is 1.42 bits per heavy atom. The Kier molecular flexibility index (Phi) is 6.57. The van der Waals surface area contributed by atoms with Crippen LogP contribution in [0.5, 0.6) is 0 Å². The standard InChI is InChI=1S/C14H22N4O/c1-4-6-10-18(11-12(3)5-2)14(19)17-13-15-8-7-9-16-13/h5,7-9H,4,6,10-11H2,1-3H3,(H,15,16,17,19). The highest BCUT2D eigenvalue weighted by molar-refractivity contribution is 5.87. The minimum atomic E-state index is -0.152. The second-order valence-electron chi connectivity index (χ2n) is 4.41. The Morgan fingerprint density at radius 3 is 2.68 bits per heavy atom. The van der Waals surface area contributed by atoms with Crippen LogP contribution in [0.25, 0.3) is 0 Å². The van der Waals surface area contributed by atoms with Crippen LogP contribution in [0.1, 0.15) is 33.6 Å². The highest BCUT2D eigenvalue weighted by atomic mass is 16.2. The molecule has 0 aromatic carbocycles. The summed E-state index contributed by atoms with van der Waals surface area (Å²) in [6, 6.07) is 1.56. The molecule has 2 amide bonds. The van der Waals surface area contributed by atoms with Crippen molar-refractivity contribution >= 4 is 12.0 Å². The number of carbonyl (C=O) groups is 1. The van der Waals surface area contributed by atoms with Crippen molar-refractivity contribution in [2.45, 2.75) is 33.6 Å². The van der Waals surface area contributed by atoms with E-state index in [1.807, 2.05) is 19.9 Å². The highest BCUT2D eigenvalue weighted by Crippen LogP contribution is 2.05. The fourth-order valence-electron chi connectivity index (χ4n) is 1.53. The summed E-state index contributed by atoms with van der Waals surface area (Å²) < 4.78 is 0. The van der Waals surface area contributed by atoms with Crippen LogP contribution in [0.2, 0.25) is 0 Å². The monoisotopic (exact) mass is 262 g/mol. The number of carbonyl (C=O) groups excluding carboxylic acids is 1. The molecule has 0 saturated carbocycles. The molecule has 0 radical (unpaired) electrons. The first-order valence-electron chi connectivity index (χ1n) is 6.62. The molecule has 5 nitrogen and oxygen atoms in total. The summed E-state index contributed by atoms with van der Waals surface area (Å²) in [6.45, 7) is 7.48. The predicted octanol–water partition coefficient (Wildman–Crippen LogP) is 3.08. The molecule has 5 heteroatoms. The van der Waals surface area contributed by atoms with Crippen molar-refractivity contribution in [2.24, 2.45) is 0 Å². The molecule has 0 fully saturated rings. The SMILES string of the molecule is CC=C(C)CN(CCCC)C(=O)Nc1ncccn1. The molecule has 0 aliphatic rings. The summed E-state index contributed by atoms with van der Waals surface area (Å²) in [6.07, 6.45) is 7.28. The van der Waals surface area contributed by atoms with Crippen molar-refractivity contribution in [3.8, 4) is 0 Å². The third-order valence-electron chi connectivity index (χ3n) is 2.79. The number of nitrogens with zero attached hydrogens (tertiary/aromatic N) is 3. The molecule has 0 spiro atoms. The molecule has 0 saturated heterocycles. The number of unbranched alkanes of at least 4 members (excludes halogenated alkanes) is 1. The van der Waals surface area contributed by atoms with Crippen molar-refractivity contribution in [1.82, 2.24) is 14.9 Å². The Balaban J connectivity index is 2.65. The molecule has 0 atom stereocenters. The van der Waals surface area contributed by atoms with Gasteiger partial charge in [0.2, 0.25) is 5.95 Å². The first-order valence-corrected chi connectivity index (χ1v) is 6.62. The zero-order valence-electron chi connectivity index (χ0n) is 11.9. The molecule has 0 unspecified atom stereocenters. The first-order chi connectivity index (χ1) is 9.17. The normalized spacial score (nSPS) is 11.2. The molecule has 1 aromatic rings. The third-order valence-corrected chi connectivity index (χ3v) is 2.79. The van der Waals surface area contributed by atoms with E-state index < -0.39 is 0 Å². The number of urea groups is 1. The van der Waals surface area contributed by atoms with Crippen molar-refractivity contribution < 1.29 is 4.79 Å². The van der Waals surface area contributed by atoms with Gasteiger partial charge in [0.25, 0.3) is 0 Å². The van der Waals surface area contributed by atoms with Gasteiger partial charge in [-0.15, -0.1) is 0 Å². The topological polar surface area (TPSA) is 58.1 Å². The Bertz CT molecular complexity index is 417. The van der Waals surface area contributed by atoms with Crippen molar-refractivity contribution in [3.63, 3.8) is 0 Å². The summed E-state index contributed by atoms with van der Waals surface area (Å²) in [5.41, 5.74) is 1.17. The van der Waals surface area contributed by atoms with Crippen molar-refractivity contribution in [3.05, 3.63) is 30.1 Å². The van der Waals surface area contributed by atoms with Crippen LogP contribution in [0.4, 0.5) is 10.7 Å². The maximum absolute atomic E-state index is 12.2. The van der Waals surface area contributed by atoms with E-state index in [1.165, 1.54) is 5.57 Å². The van der Waals surface area contributed by atoms with E-state index in [0.29, 0.717) is 12.5 Å². The number of amides is 2. The average molecular weight is 262 g/mol. The van der Waals surface area contributed by atoms with E-state index >= 15 is 0 Å². The largest absolute Gasteiger partial charge is 0.324 e. The Labute approximate surface area is 114 Å². The van der Waals surface area contributed by atoms with Crippen LogP contribution >= 0.6 is 0 Å². The van der Waals surface area contributed by atoms with Crippen LogP contribution < -0.4 is 5.32 Å². The van der Waals surface area contributed by atoms with Gasteiger partial charge >= 0.3 is 6.03 Å². The van der Waals surface area contributed by atoms with Gasteiger partial charge in [0.15, 0.2) is 0 Å². The van der Waals surface area contributed by atoms with Crippen LogP contribution in [0.15, 0.2) is 30.1 Å². The molecule has 0 bridgehead atoms. The number of aromatic nitrogens is 2. The molecule has 1 N–H and O–H groups in total. The smallest absolute Gasteiger partial charge is 0.320 e. The molecule has 19 heavy (non-hydrogen) atoms. The average Bonchev–Trinajstić information content (AvgIpc) is 2.44. The first kappa shape index (κ1) is 15.1. The third kappa shape index (κ3) is 5.50. The van der Waals surface area contributed by atoms with Gasteiger partial charge in [-0.2, -0.15) is 0 Å². The summed E-state index contributed by atoms with van der Waals surface area (Å²) in [7, 11) is 0. The highest BCUT2D eigenvalue weighted by Gasteiger charge is 2.14. The van der Waals surface area contributed by atoms with Crippen LogP contribution in [0.3, 0.4) is 0 Å². The molecular weight excluding hydrogens is 240 g/mol. The minimum absolute atomic E-state index is 0.152. The maximum atomic E-state index is 12.2. The fraction of sp³-hybridized carbons (Fsp3) is 0.500. The van der Waals surface area contributed by atoms with E-state index in [1.54, 1.807) is 23.4 Å². The number of hydrogen-bond donors (Lipinski definition) is 1. The molecule has 1 heterocycles. The van der Waals surface area contributed by atoms with E-state index in [2.05, 4.69) is 22.2 Å². The van der Waals surface area contributed by atoms with Gasteiger partial charge in [0.05, 0.1) is 0 Å². The number of rotatable bonds is 6.